The van der Waals surface area contributed by atoms with Crippen LogP contribution in [0.3, 0.4) is 0 Å². The first-order chi connectivity index (χ1) is 6.33. The summed E-state index contributed by atoms with van der Waals surface area (Å²) >= 11 is 4.90. The van der Waals surface area contributed by atoms with Crippen LogP contribution in [0.2, 0.25) is 0 Å². The average Bonchev–Trinajstić information content (AvgIpc) is 2.57. The second kappa shape index (κ2) is 5.31. The molecule has 1 heterocycles. The van der Waals surface area contributed by atoms with E-state index in [-0.39, 0.29) is 0 Å². The zero-order valence-electron chi connectivity index (χ0n) is 7.37. The van der Waals surface area contributed by atoms with E-state index in [0.29, 0.717) is 5.11 Å². The first-order valence-electron chi connectivity index (χ1n) is 4.03. The Labute approximate surface area is 82.4 Å². The van der Waals surface area contributed by atoms with Crippen molar-refractivity contribution < 1.29 is 0 Å². The molecule has 0 fully saturated rings. The molecule has 70 valence electrons. The van der Waals surface area contributed by atoms with Gasteiger partial charge in [-0.25, -0.2) is 0 Å². The molecule has 5 heteroatoms. The lowest BCUT2D eigenvalue weighted by atomic mass is 10.5. The Balaban J connectivity index is 2.30. The first kappa shape index (κ1) is 9.73. The van der Waals surface area contributed by atoms with Crippen LogP contribution in [0.1, 0.15) is 12.6 Å². The molecule has 0 bridgehead atoms. The zero-order valence-corrected chi connectivity index (χ0v) is 8.19. The van der Waals surface area contributed by atoms with Crippen molar-refractivity contribution in [2.45, 2.75) is 6.92 Å². The highest BCUT2D eigenvalue weighted by Gasteiger charge is 1.88. The topological polar surface area (TPSA) is 52.2 Å². The van der Waals surface area contributed by atoms with Gasteiger partial charge in [-0.15, -0.1) is 0 Å². The number of thiocarbonyl (C=S) groups is 1. The van der Waals surface area contributed by atoms with Crippen LogP contribution in [0.15, 0.2) is 23.4 Å². The molecule has 13 heavy (non-hydrogen) atoms. The lowest BCUT2D eigenvalue weighted by Crippen LogP contribution is -2.31. The van der Waals surface area contributed by atoms with Gasteiger partial charge in [0.2, 0.25) is 0 Å². The van der Waals surface area contributed by atoms with Gasteiger partial charge in [0.1, 0.15) is 0 Å². The monoisotopic (exact) mass is 196 g/mol. The van der Waals surface area contributed by atoms with Crippen LogP contribution in [0.5, 0.6) is 0 Å². The maximum Gasteiger partial charge on any atom is 0.186 e. The van der Waals surface area contributed by atoms with Gasteiger partial charge in [0.25, 0.3) is 0 Å². The predicted octanol–water partition coefficient (Wildman–Crippen LogP) is 0.833. The van der Waals surface area contributed by atoms with Crippen LogP contribution in [-0.4, -0.2) is 22.9 Å². The molecule has 0 atom stereocenters. The summed E-state index contributed by atoms with van der Waals surface area (Å²) in [6.07, 6.45) is 3.51. The smallest absolute Gasteiger partial charge is 0.186 e. The van der Waals surface area contributed by atoms with Crippen molar-refractivity contribution >= 4 is 23.5 Å². The molecule has 0 spiro atoms. The van der Waals surface area contributed by atoms with Gasteiger partial charge in [-0.05, 0) is 31.3 Å². The second-order valence-corrected chi connectivity index (χ2v) is 2.76. The lowest BCUT2D eigenvalue weighted by Gasteiger charge is -2.01. The minimum atomic E-state index is 0.533. The number of nitrogens with one attached hydrogen (secondary N) is 3. The predicted molar refractivity (Wildman–Crippen MR) is 57.8 cm³/mol. The van der Waals surface area contributed by atoms with Crippen molar-refractivity contribution in [2.24, 2.45) is 5.10 Å². The molecule has 0 aliphatic heterocycles. The van der Waals surface area contributed by atoms with Crippen molar-refractivity contribution in [2.75, 3.05) is 6.54 Å². The second-order valence-electron chi connectivity index (χ2n) is 2.35. The summed E-state index contributed by atoms with van der Waals surface area (Å²) in [6, 6.07) is 3.82. The maximum atomic E-state index is 4.90. The standard InChI is InChI=1S/C8H12N4S/c1-2-9-8(13)12-11-6-7-4-3-5-10-7/h3-6,10H,2H2,1H3,(H2,9,12,13)/b11-6+. The van der Waals surface area contributed by atoms with Gasteiger partial charge in [-0.3, -0.25) is 5.43 Å². The van der Waals surface area contributed by atoms with Crippen molar-refractivity contribution in [3.8, 4) is 0 Å². The van der Waals surface area contributed by atoms with Gasteiger partial charge >= 0.3 is 0 Å². The SMILES string of the molecule is CCNC(=S)N/N=C/c1ccc[nH]1. The summed E-state index contributed by atoms with van der Waals surface area (Å²) in [5, 5.41) is 7.38. The quantitative estimate of drug-likeness (QED) is 0.381. The number of rotatable bonds is 3. The number of H-pyrrole nitrogens is 1. The summed E-state index contributed by atoms with van der Waals surface area (Å²) in [5.74, 6) is 0. The van der Waals surface area contributed by atoms with E-state index in [9.17, 15) is 0 Å². The van der Waals surface area contributed by atoms with Crippen molar-refractivity contribution in [1.82, 2.24) is 15.7 Å². The third-order valence-electron chi connectivity index (χ3n) is 1.33. The average molecular weight is 196 g/mol. The third kappa shape index (κ3) is 3.71. The highest BCUT2D eigenvalue weighted by atomic mass is 32.1. The molecule has 0 unspecified atom stereocenters. The summed E-state index contributed by atoms with van der Waals surface area (Å²) < 4.78 is 0. The molecule has 1 aromatic rings. The van der Waals surface area contributed by atoms with E-state index in [0.717, 1.165) is 12.2 Å². The molecule has 1 rings (SSSR count). The van der Waals surface area contributed by atoms with Gasteiger partial charge in [0, 0.05) is 12.7 Å². The van der Waals surface area contributed by atoms with E-state index in [1.165, 1.54) is 0 Å². The summed E-state index contributed by atoms with van der Waals surface area (Å²) in [4.78, 5) is 2.99. The van der Waals surface area contributed by atoms with Gasteiger partial charge in [0.05, 0.1) is 11.9 Å². The molecule has 0 saturated carbocycles. The largest absolute Gasteiger partial charge is 0.362 e. The minimum absolute atomic E-state index is 0.533. The molecule has 0 amide bonds. The van der Waals surface area contributed by atoms with Crippen molar-refractivity contribution in [1.29, 1.82) is 0 Å². The number of aromatic amines is 1. The molecule has 0 aliphatic rings. The van der Waals surface area contributed by atoms with Gasteiger partial charge < -0.3 is 10.3 Å². The number of aromatic nitrogens is 1. The molecule has 0 aromatic carbocycles. The number of hydrogen-bond acceptors (Lipinski definition) is 2. The lowest BCUT2D eigenvalue weighted by molar-refractivity contribution is 0.904. The Hall–Kier alpha value is -1.36. The van der Waals surface area contributed by atoms with Crippen molar-refractivity contribution in [3.05, 3.63) is 24.0 Å². The Kier molecular flexibility index (Phi) is 3.98. The molecular formula is C8H12N4S. The molecular weight excluding hydrogens is 184 g/mol. The highest BCUT2D eigenvalue weighted by molar-refractivity contribution is 7.80. The van der Waals surface area contributed by atoms with E-state index in [1.807, 2.05) is 25.3 Å². The van der Waals surface area contributed by atoms with Crippen LogP contribution in [0, 0.1) is 0 Å². The van der Waals surface area contributed by atoms with E-state index in [2.05, 4.69) is 20.8 Å². The Morgan fingerprint density at radius 1 is 1.77 bits per heavy atom. The van der Waals surface area contributed by atoms with Crippen LogP contribution >= 0.6 is 12.2 Å². The molecule has 0 aliphatic carbocycles. The van der Waals surface area contributed by atoms with Crippen LogP contribution in [0.25, 0.3) is 0 Å². The van der Waals surface area contributed by atoms with Crippen LogP contribution in [-0.2, 0) is 0 Å². The van der Waals surface area contributed by atoms with Crippen LogP contribution < -0.4 is 10.7 Å². The Bertz CT molecular complexity index is 278. The highest BCUT2D eigenvalue weighted by Crippen LogP contribution is 1.87. The molecule has 3 N–H and O–H groups in total. The first-order valence-corrected chi connectivity index (χ1v) is 4.44. The van der Waals surface area contributed by atoms with Gasteiger partial charge in [-0.1, -0.05) is 0 Å². The van der Waals surface area contributed by atoms with Crippen molar-refractivity contribution in [3.63, 3.8) is 0 Å². The molecule has 1 aromatic heterocycles. The van der Waals surface area contributed by atoms with Gasteiger partial charge in [0.15, 0.2) is 5.11 Å². The van der Waals surface area contributed by atoms with Crippen LogP contribution in [0.4, 0.5) is 0 Å². The number of hydrogen-bond donors (Lipinski definition) is 3. The normalized spacial score (nSPS) is 10.2. The fourth-order valence-electron chi connectivity index (χ4n) is 0.785. The summed E-state index contributed by atoms with van der Waals surface area (Å²) in [6.45, 7) is 2.77. The Morgan fingerprint density at radius 2 is 2.62 bits per heavy atom. The van der Waals surface area contributed by atoms with E-state index in [4.69, 9.17) is 12.2 Å². The number of hydrazone groups is 1. The third-order valence-corrected chi connectivity index (χ3v) is 1.56. The maximum absolute atomic E-state index is 4.90. The number of nitrogens with zero attached hydrogens (tertiary/aromatic N) is 1. The molecule has 0 saturated heterocycles. The summed E-state index contributed by atoms with van der Waals surface area (Å²) in [5.41, 5.74) is 3.63. The van der Waals surface area contributed by atoms with E-state index < -0.39 is 0 Å². The summed E-state index contributed by atoms with van der Waals surface area (Å²) in [7, 11) is 0. The van der Waals surface area contributed by atoms with E-state index in [1.54, 1.807) is 6.21 Å². The Morgan fingerprint density at radius 3 is 3.23 bits per heavy atom. The molecule has 0 radical (unpaired) electrons. The minimum Gasteiger partial charge on any atom is -0.362 e. The molecule has 4 nitrogen and oxygen atoms in total. The van der Waals surface area contributed by atoms with Gasteiger partial charge in [-0.2, -0.15) is 5.10 Å². The fraction of sp³-hybridized carbons (Fsp3) is 0.250. The van der Waals surface area contributed by atoms with E-state index >= 15 is 0 Å². The fourth-order valence-corrected chi connectivity index (χ4v) is 0.982. The zero-order chi connectivity index (χ0) is 9.52.